The topological polar surface area (TPSA) is 54.9 Å². The van der Waals surface area contributed by atoms with Gasteiger partial charge in [-0.3, -0.25) is 14.8 Å². The molecule has 4 nitrogen and oxygen atoms in total. The Labute approximate surface area is 116 Å². The van der Waals surface area contributed by atoms with Crippen molar-refractivity contribution in [3.05, 3.63) is 72.2 Å². The summed E-state index contributed by atoms with van der Waals surface area (Å²) in [6, 6.07) is 13.4. The van der Waals surface area contributed by atoms with E-state index in [1.807, 2.05) is 30.3 Å². The van der Waals surface area contributed by atoms with Gasteiger partial charge in [0.15, 0.2) is 0 Å². The van der Waals surface area contributed by atoms with Crippen LogP contribution in [0.15, 0.2) is 61.1 Å². The Morgan fingerprint density at radius 1 is 1.10 bits per heavy atom. The van der Waals surface area contributed by atoms with Crippen LogP contribution in [-0.2, 0) is 6.54 Å². The van der Waals surface area contributed by atoms with Gasteiger partial charge in [-0.2, -0.15) is 0 Å². The molecule has 0 unspecified atom stereocenters. The smallest absolute Gasteiger partial charge is 0.253 e. The average molecular weight is 263 g/mol. The molecule has 1 aromatic carbocycles. The Bertz CT molecular complexity index is 741. The van der Waals surface area contributed by atoms with Gasteiger partial charge >= 0.3 is 0 Å². The van der Waals surface area contributed by atoms with Crippen LogP contribution in [0.25, 0.3) is 10.9 Å². The number of pyridine rings is 2. The molecule has 4 heteroatoms. The van der Waals surface area contributed by atoms with Gasteiger partial charge in [-0.1, -0.05) is 12.1 Å². The second kappa shape index (κ2) is 5.48. The van der Waals surface area contributed by atoms with E-state index in [1.165, 1.54) is 0 Å². The minimum Gasteiger partial charge on any atom is -0.348 e. The van der Waals surface area contributed by atoms with Crippen LogP contribution in [0, 0.1) is 0 Å². The molecule has 3 aromatic rings. The normalized spacial score (nSPS) is 10.4. The first-order valence-corrected chi connectivity index (χ1v) is 6.35. The van der Waals surface area contributed by atoms with Crippen molar-refractivity contribution >= 4 is 16.8 Å². The standard InChI is InChI=1S/C16H13N3O/c20-16(14-4-1-7-17-11-14)19-10-12-5-6-15-13(9-12)3-2-8-18-15/h1-9,11H,10H2,(H,19,20). The van der Waals surface area contributed by atoms with E-state index in [1.54, 1.807) is 30.7 Å². The lowest BCUT2D eigenvalue weighted by atomic mass is 10.1. The van der Waals surface area contributed by atoms with E-state index in [4.69, 9.17) is 0 Å². The van der Waals surface area contributed by atoms with E-state index < -0.39 is 0 Å². The number of carbonyl (C=O) groups is 1. The van der Waals surface area contributed by atoms with E-state index in [0.29, 0.717) is 12.1 Å². The van der Waals surface area contributed by atoms with Crippen molar-refractivity contribution in [2.75, 3.05) is 0 Å². The molecule has 0 atom stereocenters. The molecule has 98 valence electrons. The maximum atomic E-state index is 11.9. The Morgan fingerprint density at radius 2 is 2.00 bits per heavy atom. The number of aromatic nitrogens is 2. The van der Waals surface area contributed by atoms with E-state index in [-0.39, 0.29) is 5.91 Å². The molecule has 0 saturated carbocycles. The summed E-state index contributed by atoms with van der Waals surface area (Å²) in [5, 5.41) is 3.95. The van der Waals surface area contributed by atoms with Crippen LogP contribution in [0.1, 0.15) is 15.9 Å². The summed E-state index contributed by atoms with van der Waals surface area (Å²) in [6.45, 7) is 0.485. The van der Waals surface area contributed by atoms with Gasteiger partial charge in [0.25, 0.3) is 5.91 Å². The SMILES string of the molecule is O=C(NCc1ccc2ncccc2c1)c1cccnc1. The van der Waals surface area contributed by atoms with Gasteiger partial charge < -0.3 is 5.32 Å². The van der Waals surface area contributed by atoms with Crippen LogP contribution < -0.4 is 5.32 Å². The van der Waals surface area contributed by atoms with Crippen molar-refractivity contribution in [3.63, 3.8) is 0 Å². The summed E-state index contributed by atoms with van der Waals surface area (Å²) in [5.41, 5.74) is 2.56. The highest BCUT2D eigenvalue weighted by molar-refractivity contribution is 5.93. The Balaban J connectivity index is 1.72. The fourth-order valence-electron chi connectivity index (χ4n) is 2.02. The van der Waals surface area contributed by atoms with Gasteiger partial charge in [-0.15, -0.1) is 0 Å². The largest absolute Gasteiger partial charge is 0.348 e. The molecule has 0 aliphatic carbocycles. The number of nitrogens with zero attached hydrogens (tertiary/aromatic N) is 2. The van der Waals surface area contributed by atoms with E-state index in [0.717, 1.165) is 16.5 Å². The minimum absolute atomic E-state index is 0.121. The van der Waals surface area contributed by atoms with Gasteiger partial charge in [0.05, 0.1) is 11.1 Å². The van der Waals surface area contributed by atoms with Crippen LogP contribution in [0.3, 0.4) is 0 Å². The lowest BCUT2D eigenvalue weighted by Crippen LogP contribution is -2.22. The summed E-state index contributed by atoms with van der Waals surface area (Å²) in [5.74, 6) is -0.121. The zero-order valence-electron chi connectivity index (χ0n) is 10.8. The van der Waals surface area contributed by atoms with Gasteiger partial charge in [-0.25, -0.2) is 0 Å². The van der Waals surface area contributed by atoms with Crippen LogP contribution in [0.5, 0.6) is 0 Å². The molecule has 0 bridgehead atoms. The molecular formula is C16H13N3O. The predicted molar refractivity (Wildman–Crippen MR) is 77.2 cm³/mol. The van der Waals surface area contributed by atoms with Crippen molar-refractivity contribution < 1.29 is 4.79 Å². The van der Waals surface area contributed by atoms with Gasteiger partial charge in [0.1, 0.15) is 0 Å². The third kappa shape index (κ3) is 2.64. The molecule has 0 aliphatic heterocycles. The number of carbonyl (C=O) groups excluding carboxylic acids is 1. The van der Waals surface area contributed by atoms with Crippen molar-refractivity contribution in [1.82, 2.24) is 15.3 Å². The molecule has 0 radical (unpaired) electrons. The highest BCUT2D eigenvalue weighted by Crippen LogP contribution is 2.13. The van der Waals surface area contributed by atoms with Gasteiger partial charge in [-0.05, 0) is 35.9 Å². The number of benzene rings is 1. The summed E-state index contributed by atoms with van der Waals surface area (Å²) in [6.07, 6.45) is 4.97. The molecule has 2 aromatic heterocycles. The number of amides is 1. The molecule has 0 saturated heterocycles. The van der Waals surface area contributed by atoms with Crippen LogP contribution in [0.2, 0.25) is 0 Å². The molecule has 0 aliphatic rings. The number of nitrogens with one attached hydrogen (secondary N) is 1. The Kier molecular flexibility index (Phi) is 3.37. The molecule has 1 N–H and O–H groups in total. The number of rotatable bonds is 3. The zero-order valence-corrected chi connectivity index (χ0v) is 10.8. The molecule has 0 spiro atoms. The predicted octanol–water partition coefficient (Wildman–Crippen LogP) is 2.56. The molecule has 0 fully saturated rings. The minimum atomic E-state index is -0.121. The fourth-order valence-corrected chi connectivity index (χ4v) is 2.02. The highest BCUT2D eigenvalue weighted by Gasteiger charge is 2.04. The Hall–Kier alpha value is -2.75. The number of fused-ring (bicyclic) bond motifs is 1. The van der Waals surface area contributed by atoms with Crippen LogP contribution in [0.4, 0.5) is 0 Å². The summed E-state index contributed by atoms with van der Waals surface area (Å²) in [4.78, 5) is 20.1. The van der Waals surface area contributed by atoms with Crippen LogP contribution in [-0.4, -0.2) is 15.9 Å². The zero-order chi connectivity index (χ0) is 13.8. The molecule has 2 heterocycles. The third-order valence-corrected chi connectivity index (χ3v) is 3.04. The van der Waals surface area contributed by atoms with Gasteiger partial charge in [0.2, 0.25) is 0 Å². The Morgan fingerprint density at radius 3 is 2.85 bits per heavy atom. The summed E-state index contributed by atoms with van der Waals surface area (Å²) >= 11 is 0. The molecule has 20 heavy (non-hydrogen) atoms. The molecular weight excluding hydrogens is 250 g/mol. The van der Waals surface area contributed by atoms with E-state index in [2.05, 4.69) is 15.3 Å². The number of hydrogen-bond donors (Lipinski definition) is 1. The monoisotopic (exact) mass is 263 g/mol. The first kappa shape index (κ1) is 12.3. The summed E-state index contributed by atoms with van der Waals surface area (Å²) in [7, 11) is 0. The first-order valence-electron chi connectivity index (χ1n) is 6.35. The maximum Gasteiger partial charge on any atom is 0.253 e. The van der Waals surface area contributed by atoms with Crippen molar-refractivity contribution in [2.24, 2.45) is 0 Å². The maximum absolute atomic E-state index is 11.9. The van der Waals surface area contributed by atoms with Crippen molar-refractivity contribution in [3.8, 4) is 0 Å². The quantitative estimate of drug-likeness (QED) is 0.790. The summed E-state index contributed by atoms with van der Waals surface area (Å²) < 4.78 is 0. The first-order chi connectivity index (χ1) is 9.83. The van der Waals surface area contributed by atoms with E-state index >= 15 is 0 Å². The third-order valence-electron chi connectivity index (χ3n) is 3.04. The van der Waals surface area contributed by atoms with Gasteiger partial charge in [0, 0.05) is 30.5 Å². The van der Waals surface area contributed by atoms with Crippen molar-refractivity contribution in [1.29, 1.82) is 0 Å². The average Bonchev–Trinajstić information content (AvgIpc) is 2.53. The second-order valence-corrected chi connectivity index (χ2v) is 4.45. The number of hydrogen-bond acceptors (Lipinski definition) is 3. The van der Waals surface area contributed by atoms with Crippen molar-refractivity contribution in [2.45, 2.75) is 6.54 Å². The lowest BCUT2D eigenvalue weighted by molar-refractivity contribution is 0.0950. The van der Waals surface area contributed by atoms with E-state index in [9.17, 15) is 4.79 Å². The molecule has 3 rings (SSSR count). The fraction of sp³-hybridized carbons (Fsp3) is 0.0625. The second-order valence-electron chi connectivity index (χ2n) is 4.45. The lowest BCUT2D eigenvalue weighted by Gasteiger charge is -2.06. The highest BCUT2D eigenvalue weighted by atomic mass is 16.1. The van der Waals surface area contributed by atoms with Crippen LogP contribution >= 0.6 is 0 Å². The molecule has 1 amide bonds.